The van der Waals surface area contributed by atoms with Crippen molar-refractivity contribution in [2.45, 2.75) is 13.8 Å². The van der Waals surface area contributed by atoms with E-state index in [1.807, 2.05) is 6.92 Å². The number of nitrogens with two attached hydrogens (primary N) is 1. The minimum atomic E-state index is -0.420. The second-order valence-corrected chi connectivity index (χ2v) is 5.43. The Morgan fingerprint density at radius 1 is 1.35 bits per heavy atom. The number of halogens is 2. The van der Waals surface area contributed by atoms with Gasteiger partial charge in [0.2, 0.25) is 5.88 Å². The summed E-state index contributed by atoms with van der Waals surface area (Å²) in [5.74, 6) is 0.0174. The van der Waals surface area contributed by atoms with Crippen molar-refractivity contribution in [2.24, 2.45) is 5.73 Å². The Bertz CT molecular complexity index is 694. The Morgan fingerprint density at radius 2 is 2.05 bits per heavy atom. The van der Waals surface area contributed by atoms with Gasteiger partial charge in [-0.1, -0.05) is 12.2 Å². The molecule has 0 aliphatic carbocycles. The van der Waals surface area contributed by atoms with E-state index in [2.05, 4.69) is 26.1 Å². The highest BCUT2D eigenvalue weighted by Crippen LogP contribution is 2.31. The Morgan fingerprint density at radius 3 is 2.70 bits per heavy atom. The largest absolute Gasteiger partial charge is 0.436 e. The fourth-order valence-corrected chi connectivity index (χ4v) is 2.18. The molecule has 1 aromatic carbocycles. The van der Waals surface area contributed by atoms with Crippen LogP contribution < -0.4 is 10.5 Å². The molecule has 0 fully saturated rings. The van der Waals surface area contributed by atoms with E-state index in [1.165, 1.54) is 12.1 Å². The molecule has 2 N–H and O–H groups in total. The van der Waals surface area contributed by atoms with Crippen LogP contribution >= 0.6 is 28.1 Å². The first-order valence-electron chi connectivity index (χ1n) is 5.66. The second-order valence-electron chi connectivity index (χ2n) is 4.13. The Kier molecular flexibility index (Phi) is 4.29. The third kappa shape index (κ3) is 2.94. The van der Waals surface area contributed by atoms with Crippen LogP contribution in [0.25, 0.3) is 0 Å². The molecule has 0 aliphatic heterocycles. The van der Waals surface area contributed by atoms with Crippen molar-refractivity contribution in [3.05, 3.63) is 45.3 Å². The maximum Gasteiger partial charge on any atom is 0.249 e. The molecule has 1 heterocycles. The van der Waals surface area contributed by atoms with E-state index in [4.69, 9.17) is 22.7 Å². The minimum Gasteiger partial charge on any atom is -0.436 e. The number of aryl methyl sites for hydroxylation is 1. The van der Waals surface area contributed by atoms with E-state index in [-0.39, 0.29) is 16.6 Å². The molecule has 20 heavy (non-hydrogen) atoms. The monoisotopic (exact) mass is 355 g/mol. The Balaban J connectivity index is 2.51. The van der Waals surface area contributed by atoms with Gasteiger partial charge in [-0.15, -0.1) is 5.10 Å². The smallest absolute Gasteiger partial charge is 0.249 e. The first-order valence-corrected chi connectivity index (χ1v) is 6.87. The quantitative estimate of drug-likeness (QED) is 0.854. The molecule has 0 saturated heterocycles. The first-order chi connectivity index (χ1) is 9.40. The van der Waals surface area contributed by atoms with Crippen LogP contribution in [0.2, 0.25) is 0 Å². The lowest BCUT2D eigenvalue weighted by Crippen LogP contribution is -2.15. The number of ether oxygens (including phenoxy) is 1. The lowest BCUT2D eigenvalue weighted by molar-refractivity contribution is 0.445. The summed E-state index contributed by atoms with van der Waals surface area (Å²) in [5, 5.41) is 7.91. The van der Waals surface area contributed by atoms with E-state index in [9.17, 15) is 4.39 Å². The van der Waals surface area contributed by atoms with Crippen LogP contribution in [-0.2, 0) is 0 Å². The molecule has 0 radical (unpaired) electrons. The van der Waals surface area contributed by atoms with Crippen LogP contribution in [0, 0.1) is 19.7 Å². The molecule has 0 amide bonds. The van der Waals surface area contributed by atoms with Crippen molar-refractivity contribution < 1.29 is 9.13 Å². The zero-order valence-electron chi connectivity index (χ0n) is 10.8. The SMILES string of the molecule is Cc1nnc(Oc2cc(F)ccc2Br)c(C(N)=S)c1C. The van der Waals surface area contributed by atoms with E-state index < -0.39 is 5.82 Å². The molecule has 7 heteroatoms. The fraction of sp³-hybridized carbons (Fsp3) is 0.154. The van der Waals surface area contributed by atoms with Crippen molar-refractivity contribution in [3.63, 3.8) is 0 Å². The van der Waals surface area contributed by atoms with Crippen LogP contribution in [-0.4, -0.2) is 15.2 Å². The molecule has 2 aromatic rings. The normalized spacial score (nSPS) is 10.4. The molecule has 4 nitrogen and oxygen atoms in total. The van der Waals surface area contributed by atoms with E-state index in [0.29, 0.717) is 15.7 Å². The molecule has 1 aromatic heterocycles. The molecule has 0 bridgehead atoms. The number of benzene rings is 1. The summed E-state index contributed by atoms with van der Waals surface area (Å²) in [6, 6.07) is 4.10. The van der Waals surface area contributed by atoms with Crippen molar-refractivity contribution >= 4 is 33.1 Å². The van der Waals surface area contributed by atoms with Crippen molar-refractivity contribution in [1.82, 2.24) is 10.2 Å². The molecule has 0 atom stereocenters. The van der Waals surface area contributed by atoms with Gasteiger partial charge < -0.3 is 10.5 Å². The Labute approximate surface area is 129 Å². The number of aromatic nitrogens is 2. The van der Waals surface area contributed by atoms with Crippen molar-refractivity contribution in [2.75, 3.05) is 0 Å². The zero-order valence-corrected chi connectivity index (χ0v) is 13.2. The molecule has 0 saturated carbocycles. The molecule has 0 aliphatic rings. The highest BCUT2D eigenvalue weighted by Gasteiger charge is 2.16. The average molecular weight is 356 g/mol. The lowest BCUT2D eigenvalue weighted by Gasteiger charge is -2.13. The van der Waals surface area contributed by atoms with Crippen LogP contribution in [0.5, 0.6) is 11.6 Å². The minimum absolute atomic E-state index is 0.156. The average Bonchev–Trinajstić information content (AvgIpc) is 2.38. The van der Waals surface area contributed by atoms with Gasteiger partial charge in [0, 0.05) is 6.07 Å². The number of hydrogen-bond acceptors (Lipinski definition) is 4. The number of rotatable bonds is 3. The third-order valence-corrected chi connectivity index (χ3v) is 3.63. The molecular formula is C13H11BrFN3OS. The lowest BCUT2D eigenvalue weighted by atomic mass is 10.1. The fourth-order valence-electron chi connectivity index (χ4n) is 1.61. The standard InChI is InChI=1S/C13H11BrFN3OS/c1-6-7(2)17-18-13(11(6)12(16)20)19-10-5-8(15)3-4-9(10)14/h3-5H,1-2H3,(H2,16,20). The van der Waals surface area contributed by atoms with E-state index in [0.717, 1.165) is 5.56 Å². The molecule has 0 unspecified atom stereocenters. The summed E-state index contributed by atoms with van der Waals surface area (Å²) in [5.41, 5.74) is 7.70. The molecule has 0 spiro atoms. The van der Waals surface area contributed by atoms with Gasteiger partial charge in [-0.2, -0.15) is 5.10 Å². The maximum atomic E-state index is 13.3. The summed E-state index contributed by atoms with van der Waals surface area (Å²) in [6.07, 6.45) is 0. The zero-order chi connectivity index (χ0) is 14.9. The van der Waals surface area contributed by atoms with E-state index in [1.54, 1.807) is 13.0 Å². The molecule has 104 valence electrons. The van der Waals surface area contributed by atoms with Crippen LogP contribution in [0.4, 0.5) is 4.39 Å². The van der Waals surface area contributed by atoms with Crippen molar-refractivity contribution in [3.8, 4) is 11.6 Å². The maximum absolute atomic E-state index is 13.3. The van der Waals surface area contributed by atoms with Gasteiger partial charge in [-0.05, 0) is 47.5 Å². The van der Waals surface area contributed by atoms with Gasteiger partial charge in [0.25, 0.3) is 0 Å². The first kappa shape index (κ1) is 14.8. The predicted octanol–water partition coefficient (Wildman–Crippen LogP) is 3.42. The van der Waals surface area contributed by atoms with Crippen molar-refractivity contribution in [1.29, 1.82) is 0 Å². The van der Waals surface area contributed by atoms with Crippen LogP contribution in [0.3, 0.4) is 0 Å². The predicted molar refractivity (Wildman–Crippen MR) is 81.6 cm³/mol. The third-order valence-electron chi connectivity index (χ3n) is 2.77. The summed E-state index contributed by atoms with van der Waals surface area (Å²) >= 11 is 8.29. The number of hydrogen-bond donors (Lipinski definition) is 1. The Hall–Kier alpha value is -1.60. The summed E-state index contributed by atoms with van der Waals surface area (Å²) in [7, 11) is 0. The highest BCUT2D eigenvalue weighted by atomic mass is 79.9. The van der Waals surface area contributed by atoms with Crippen LogP contribution in [0.15, 0.2) is 22.7 Å². The van der Waals surface area contributed by atoms with Gasteiger partial charge in [0.15, 0.2) is 0 Å². The molecular weight excluding hydrogens is 345 g/mol. The van der Waals surface area contributed by atoms with Gasteiger partial charge in [0.05, 0.1) is 15.7 Å². The van der Waals surface area contributed by atoms with Gasteiger partial charge in [-0.3, -0.25) is 0 Å². The van der Waals surface area contributed by atoms with E-state index >= 15 is 0 Å². The number of thiocarbonyl (C=S) groups is 1. The summed E-state index contributed by atoms with van der Waals surface area (Å²) in [6.45, 7) is 3.62. The molecule has 2 rings (SSSR count). The highest BCUT2D eigenvalue weighted by molar-refractivity contribution is 9.10. The van der Waals surface area contributed by atoms with Gasteiger partial charge in [0.1, 0.15) is 16.6 Å². The van der Waals surface area contributed by atoms with Gasteiger partial charge in [-0.25, -0.2) is 4.39 Å². The summed E-state index contributed by atoms with van der Waals surface area (Å²) < 4.78 is 19.4. The van der Waals surface area contributed by atoms with Gasteiger partial charge >= 0.3 is 0 Å². The summed E-state index contributed by atoms with van der Waals surface area (Å²) in [4.78, 5) is 0.156. The topological polar surface area (TPSA) is 61.0 Å². The van der Waals surface area contributed by atoms with Crippen LogP contribution in [0.1, 0.15) is 16.8 Å². The number of nitrogens with zero attached hydrogens (tertiary/aromatic N) is 2. The second kappa shape index (κ2) is 5.80.